The van der Waals surface area contributed by atoms with Crippen LogP contribution in [0.5, 0.6) is 0 Å². The maximum atomic E-state index is 13.4. The van der Waals surface area contributed by atoms with Gasteiger partial charge in [-0.1, -0.05) is 31.4 Å². The molecule has 1 saturated carbocycles. The number of halogens is 1. The number of amides is 1. The van der Waals surface area contributed by atoms with Gasteiger partial charge >= 0.3 is 0 Å². The molecule has 0 aromatic heterocycles. The minimum absolute atomic E-state index is 0.0853. The minimum atomic E-state index is -0.730. The molecule has 1 fully saturated rings. The van der Waals surface area contributed by atoms with Gasteiger partial charge in [0.15, 0.2) is 0 Å². The number of carbonyl (C=O) groups is 1. The van der Waals surface area contributed by atoms with Crippen molar-refractivity contribution < 1.29 is 14.3 Å². The first-order valence-electron chi connectivity index (χ1n) is 7.45. The van der Waals surface area contributed by atoms with E-state index in [2.05, 4.69) is 5.32 Å². The van der Waals surface area contributed by atoms with Crippen LogP contribution in [0.4, 0.5) is 4.39 Å². The van der Waals surface area contributed by atoms with Crippen molar-refractivity contribution in [3.05, 3.63) is 30.1 Å². The average molecular weight is 311 g/mol. The molecular formula is C16H22FNO2S. The number of hydrogen-bond acceptors (Lipinski definition) is 3. The lowest BCUT2D eigenvalue weighted by Crippen LogP contribution is -2.44. The fourth-order valence-corrected chi connectivity index (χ4v) is 3.44. The van der Waals surface area contributed by atoms with Crippen LogP contribution in [0.25, 0.3) is 0 Å². The Kier molecular flexibility index (Phi) is 6.06. The molecule has 1 aliphatic carbocycles. The second kappa shape index (κ2) is 7.80. The summed E-state index contributed by atoms with van der Waals surface area (Å²) < 4.78 is 13.4. The van der Waals surface area contributed by atoms with Crippen LogP contribution in [0.1, 0.15) is 38.5 Å². The van der Waals surface area contributed by atoms with Gasteiger partial charge in [-0.15, -0.1) is 11.8 Å². The van der Waals surface area contributed by atoms with Crippen molar-refractivity contribution in [3.8, 4) is 0 Å². The first-order chi connectivity index (χ1) is 10.1. The zero-order chi connectivity index (χ0) is 15.1. The van der Waals surface area contributed by atoms with Gasteiger partial charge in [0.2, 0.25) is 5.91 Å². The van der Waals surface area contributed by atoms with Crippen LogP contribution in [0.3, 0.4) is 0 Å². The maximum Gasteiger partial charge on any atom is 0.220 e. The van der Waals surface area contributed by atoms with Gasteiger partial charge in [-0.2, -0.15) is 0 Å². The van der Waals surface area contributed by atoms with Crippen molar-refractivity contribution in [1.82, 2.24) is 5.32 Å². The van der Waals surface area contributed by atoms with Crippen molar-refractivity contribution in [2.45, 2.75) is 49.0 Å². The maximum absolute atomic E-state index is 13.4. The van der Waals surface area contributed by atoms with E-state index < -0.39 is 5.60 Å². The van der Waals surface area contributed by atoms with E-state index in [-0.39, 0.29) is 11.7 Å². The molecule has 0 unspecified atom stereocenters. The zero-order valence-corrected chi connectivity index (χ0v) is 12.9. The normalized spacial score (nSPS) is 17.4. The third-order valence-electron chi connectivity index (χ3n) is 3.82. The molecule has 3 nitrogen and oxygen atoms in total. The largest absolute Gasteiger partial charge is 0.388 e. The minimum Gasteiger partial charge on any atom is -0.388 e. The molecule has 0 heterocycles. The number of hydrogen-bond donors (Lipinski definition) is 2. The van der Waals surface area contributed by atoms with Crippen LogP contribution in [-0.4, -0.2) is 28.9 Å². The van der Waals surface area contributed by atoms with E-state index >= 15 is 0 Å². The lowest BCUT2D eigenvalue weighted by molar-refractivity contribution is -0.122. The monoisotopic (exact) mass is 311 g/mol. The van der Waals surface area contributed by atoms with Gasteiger partial charge in [-0.25, -0.2) is 4.39 Å². The Labute approximate surface area is 129 Å². The molecule has 5 heteroatoms. The lowest BCUT2D eigenvalue weighted by Gasteiger charge is -2.32. The van der Waals surface area contributed by atoms with E-state index in [1.165, 1.54) is 17.8 Å². The number of benzene rings is 1. The van der Waals surface area contributed by atoms with Crippen molar-refractivity contribution >= 4 is 17.7 Å². The molecule has 0 radical (unpaired) electrons. The van der Waals surface area contributed by atoms with Crippen molar-refractivity contribution in [2.24, 2.45) is 0 Å². The van der Waals surface area contributed by atoms with Crippen LogP contribution in [-0.2, 0) is 4.79 Å². The van der Waals surface area contributed by atoms with Gasteiger partial charge in [0.25, 0.3) is 0 Å². The molecule has 0 aliphatic heterocycles. The Balaban J connectivity index is 1.67. The Morgan fingerprint density at radius 1 is 1.29 bits per heavy atom. The number of nitrogens with one attached hydrogen (secondary N) is 1. The van der Waals surface area contributed by atoms with E-state index in [9.17, 15) is 14.3 Å². The Bertz CT molecular complexity index is 475. The Morgan fingerprint density at radius 2 is 2.00 bits per heavy atom. The van der Waals surface area contributed by atoms with Gasteiger partial charge in [0.05, 0.1) is 5.60 Å². The molecular weight excluding hydrogens is 289 g/mol. The number of thioether (sulfide) groups is 1. The number of rotatable bonds is 6. The molecule has 1 aromatic rings. The SMILES string of the molecule is O=C(CCSc1ccccc1F)NCC1(O)CCCCC1. The highest BCUT2D eigenvalue weighted by Gasteiger charge is 2.29. The second-order valence-electron chi connectivity index (χ2n) is 5.59. The molecule has 116 valence electrons. The first kappa shape index (κ1) is 16.3. The van der Waals surface area contributed by atoms with Crippen LogP contribution in [0, 0.1) is 5.82 Å². The molecule has 0 atom stereocenters. The summed E-state index contributed by atoms with van der Waals surface area (Å²) in [4.78, 5) is 12.3. The molecule has 1 aromatic carbocycles. The zero-order valence-electron chi connectivity index (χ0n) is 12.1. The average Bonchev–Trinajstić information content (AvgIpc) is 2.48. The van der Waals surface area contributed by atoms with Crippen molar-refractivity contribution in [3.63, 3.8) is 0 Å². The Hall–Kier alpha value is -1.07. The highest BCUT2D eigenvalue weighted by Crippen LogP contribution is 2.27. The molecule has 1 aliphatic rings. The molecule has 21 heavy (non-hydrogen) atoms. The topological polar surface area (TPSA) is 49.3 Å². The molecule has 0 saturated heterocycles. The standard InChI is InChI=1S/C16H22FNO2S/c17-13-6-2-3-7-14(13)21-11-8-15(19)18-12-16(20)9-4-1-5-10-16/h2-3,6-7,20H,1,4-5,8-12H2,(H,18,19). The first-order valence-corrected chi connectivity index (χ1v) is 8.44. The summed E-state index contributed by atoms with van der Waals surface area (Å²) in [5, 5.41) is 13.1. The number of carbonyl (C=O) groups excluding carboxylic acids is 1. The van der Waals surface area contributed by atoms with Crippen molar-refractivity contribution in [2.75, 3.05) is 12.3 Å². The summed E-state index contributed by atoms with van der Waals surface area (Å²) in [6.45, 7) is 0.330. The summed E-state index contributed by atoms with van der Waals surface area (Å²) in [6, 6.07) is 6.56. The summed E-state index contributed by atoms with van der Waals surface area (Å²) in [5.41, 5.74) is -0.730. The fraction of sp³-hybridized carbons (Fsp3) is 0.562. The summed E-state index contributed by atoms with van der Waals surface area (Å²) in [6.07, 6.45) is 5.06. The van der Waals surface area contributed by atoms with Gasteiger partial charge < -0.3 is 10.4 Å². The predicted octanol–water partition coefficient (Wildman–Crippen LogP) is 3.12. The molecule has 2 rings (SSSR count). The van der Waals surface area contributed by atoms with Gasteiger partial charge in [-0.05, 0) is 25.0 Å². The highest BCUT2D eigenvalue weighted by atomic mass is 32.2. The van der Waals surface area contributed by atoms with Gasteiger partial charge in [-0.3, -0.25) is 4.79 Å². The van der Waals surface area contributed by atoms with E-state index in [4.69, 9.17) is 0 Å². The van der Waals surface area contributed by atoms with Crippen LogP contribution >= 0.6 is 11.8 Å². The highest BCUT2D eigenvalue weighted by molar-refractivity contribution is 7.99. The molecule has 0 spiro atoms. The summed E-state index contributed by atoms with van der Waals surface area (Å²) in [5.74, 6) is 0.197. The van der Waals surface area contributed by atoms with Crippen molar-refractivity contribution in [1.29, 1.82) is 0 Å². The third kappa shape index (κ3) is 5.32. The molecule has 2 N–H and O–H groups in total. The van der Waals surface area contributed by atoms with E-state index in [0.717, 1.165) is 32.1 Å². The lowest BCUT2D eigenvalue weighted by atomic mass is 9.85. The quantitative estimate of drug-likeness (QED) is 0.794. The van der Waals surface area contributed by atoms with E-state index in [1.54, 1.807) is 18.2 Å². The second-order valence-corrected chi connectivity index (χ2v) is 6.73. The number of aliphatic hydroxyl groups is 1. The molecule has 1 amide bonds. The third-order valence-corrected chi connectivity index (χ3v) is 4.87. The van der Waals surface area contributed by atoms with Crippen LogP contribution < -0.4 is 5.32 Å². The van der Waals surface area contributed by atoms with Crippen LogP contribution in [0.2, 0.25) is 0 Å². The van der Waals surface area contributed by atoms with Gasteiger partial charge in [0, 0.05) is 23.6 Å². The predicted molar refractivity (Wildman–Crippen MR) is 82.8 cm³/mol. The fourth-order valence-electron chi connectivity index (χ4n) is 2.55. The summed E-state index contributed by atoms with van der Waals surface area (Å²) >= 11 is 1.34. The smallest absolute Gasteiger partial charge is 0.220 e. The Morgan fingerprint density at radius 3 is 2.71 bits per heavy atom. The van der Waals surface area contributed by atoms with E-state index in [1.807, 2.05) is 0 Å². The summed E-state index contributed by atoms with van der Waals surface area (Å²) in [7, 11) is 0. The molecule has 0 bridgehead atoms. The van der Waals surface area contributed by atoms with Crippen LogP contribution in [0.15, 0.2) is 29.2 Å². The van der Waals surface area contributed by atoms with E-state index in [0.29, 0.717) is 23.6 Å². The van der Waals surface area contributed by atoms with Gasteiger partial charge in [0.1, 0.15) is 5.82 Å².